The van der Waals surface area contributed by atoms with Crippen LogP contribution in [0.2, 0.25) is 0 Å². The van der Waals surface area contributed by atoms with Crippen LogP contribution < -0.4 is 10.6 Å². The first-order valence-corrected chi connectivity index (χ1v) is 7.05. The lowest BCUT2D eigenvalue weighted by Gasteiger charge is -2.22. The molecule has 2 N–H and O–H groups in total. The molecule has 104 valence electrons. The molecule has 1 aliphatic carbocycles. The minimum atomic E-state index is 0. The molecule has 2 bridgehead atoms. The van der Waals surface area contributed by atoms with E-state index in [1.54, 1.807) is 0 Å². The van der Waals surface area contributed by atoms with Crippen LogP contribution in [0.4, 0.5) is 0 Å². The number of nitrogens with one attached hydrogen (secondary N) is 2. The van der Waals surface area contributed by atoms with E-state index in [0.29, 0.717) is 18.2 Å². The molecule has 0 radical (unpaired) electrons. The molecule has 3 atom stereocenters. The van der Waals surface area contributed by atoms with E-state index in [2.05, 4.69) is 22.5 Å². The van der Waals surface area contributed by atoms with Crippen LogP contribution in [-0.2, 0) is 4.74 Å². The standard InChI is InChI=1S/C13H23N3O.HI/c1-2-14-13(15-8-9-3-4-9)16-11-7-10-5-6-12(11)17-10;/h9-12H,2-8H2,1H3,(H2,14,15,16);1H. The Morgan fingerprint density at radius 1 is 1.28 bits per heavy atom. The van der Waals surface area contributed by atoms with E-state index < -0.39 is 0 Å². The van der Waals surface area contributed by atoms with Gasteiger partial charge in [-0.1, -0.05) is 0 Å². The first-order valence-electron chi connectivity index (χ1n) is 7.05. The molecule has 3 fully saturated rings. The molecule has 0 amide bonds. The number of halogens is 1. The number of fused-ring (bicyclic) bond motifs is 2. The first-order chi connectivity index (χ1) is 8.35. The third-order valence-electron chi connectivity index (χ3n) is 3.98. The van der Waals surface area contributed by atoms with Gasteiger partial charge in [0.05, 0.1) is 18.2 Å². The molecule has 0 spiro atoms. The van der Waals surface area contributed by atoms with Crippen molar-refractivity contribution in [2.45, 2.75) is 57.3 Å². The molecular formula is C13H24IN3O. The van der Waals surface area contributed by atoms with Gasteiger partial charge in [-0.3, -0.25) is 4.99 Å². The van der Waals surface area contributed by atoms with Gasteiger partial charge >= 0.3 is 0 Å². The molecular weight excluding hydrogens is 341 g/mol. The topological polar surface area (TPSA) is 45.7 Å². The highest BCUT2D eigenvalue weighted by Gasteiger charge is 2.41. The van der Waals surface area contributed by atoms with Gasteiger partial charge in [0.15, 0.2) is 5.96 Å². The van der Waals surface area contributed by atoms with Crippen molar-refractivity contribution >= 4 is 29.9 Å². The Hall–Kier alpha value is -0.0400. The number of guanidine groups is 1. The van der Waals surface area contributed by atoms with Gasteiger partial charge in [0.1, 0.15) is 0 Å². The highest BCUT2D eigenvalue weighted by atomic mass is 127. The van der Waals surface area contributed by atoms with Crippen LogP contribution in [0.5, 0.6) is 0 Å². The summed E-state index contributed by atoms with van der Waals surface area (Å²) in [5, 5.41) is 6.88. The van der Waals surface area contributed by atoms with Gasteiger partial charge < -0.3 is 15.4 Å². The third-order valence-corrected chi connectivity index (χ3v) is 3.98. The predicted octanol–water partition coefficient (Wildman–Crippen LogP) is 1.89. The summed E-state index contributed by atoms with van der Waals surface area (Å²) >= 11 is 0. The fraction of sp³-hybridized carbons (Fsp3) is 0.923. The van der Waals surface area contributed by atoms with Crippen molar-refractivity contribution in [2.75, 3.05) is 13.1 Å². The van der Waals surface area contributed by atoms with Gasteiger partial charge in [-0.05, 0) is 44.9 Å². The zero-order valence-electron chi connectivity index (χ0n) is 11.0. The summed E-state index contributed by atoms with van der Waals surface area (Å²) in [4.78, 5) is 4.66. The Kier molecular flexibility index (Phi) is 5.12. The van der Waals surface area contributed by atoms with Gasteiger partial charge in [0, 0.05) is 13.1 Å². The Morgan fingerprint density at radius 3 is 2.67 bits per heavy atom. The molecule has 2 saturated heterocycles. The van der Waals surface area contributed by atoms with Gasteiger partial charge in [0.25, 0.3) is 0 Å². The maximum Gasteiger partial charge on any atom is 0.191 e. The fourth-order valence-electron chi connectivity index (χ4n) is 2.81. The summed E-state index contributed by atoms with van der Waals surface area (Å²) in [6, 6.07) is 0.478. The summed E-state index contributed by atoms with van der Waals surface area (Å²) in [6.45, 7) is 4.03. The Morgan fingerprint density at radius 2 is 2.11 bits per heavy atom. The molecule has 0 aromatic rings. The molecule has 0 aromatic carbocycles. The normalized spacial score (nSPS) is 34.3. The van der Waals surface area contributed by atoms with E-state index in [1.165, 1.54) is 25.7 Å². The van der Waals surface area contributed by atoms with Gasteiger partial charge in [0.2, 0.25) is 0 Å². The summed E-state index contributed by atoms with van der Waals surface area (Å²) < 4.78 is 5.86. The van der Waals surface area contributed by atoms with E-state index in [0.717, 1.165) is 31.4 Å². The zero-order valence-corrected chi connectivity index (χ0v) is 13.4. The molecule has 3 aliphatic rings. The zero-order chi connectivity index (χ0) is 11.7. The van der Waals surface area contributed by atoms with Crippen LogP contribution in [0, 0.1) is 5.92 Å². The first kappa shape index (κ1) is 14.4. The van der Waals surface area contributed by atoms with Crippen LogP contribution in [-0.4, -0.2) is 37.3 Å². The van der Waals surface area contributed by atoms with Crippen molar-refractivity contribution in [3.8, 4) is 0 Å². The SMILES string of the molecule is CCNC(=NCC1CC1)NC1CC2CCC1O2.I. The molecule has 1 saturated carbocycles. The van der Waals surface area contributed by atoms with Crippen molar-refractivity contribution in [3.63, 3.8) is 0 Å². The van der Waals surface area contributed by atoms with E-state index in [-0.39, 0.29) is 24.0 Å². The lowest BCUT2D eigenvalue weighted by molar-refractivity contribution is 0.0992. The molecule has 4 nitrogen and oxygen atoms in total. The molecule has 3 unspecified atom stereocenters. The van der Waals surface area contributed by atoms with Crippen LogP contribution in [0.3, 0.4) is 0 Å². The van der Waals surface area contributed by atoms with Gasteiger partial charge in [-0.15, -0.1) is 24.0 Å². The smallest absolute Gasteiger partial charge is 0.191 e. The summed E-state index contributed by atoms with van der Waals surface area (Å²) in [6.07, 6.45) is 7.26. The molecule has 2 aliphatic heterocycles. The average Bonchev–Trinajstić information content (AvgIpc) is 2.93. The highest BCUT2D eigenvalue weighted by Crippen LogP contribution is 2.34. The molecule has 5 heteroatoms. The number of ether oxygens (including phenoxy) is 1. The number of hydrogen-bond acceptors (Lipinski definition) is 2. The van der Waals surface area contributed by atoms with E-state index in [4.69, 9.17) is 4.74 Å². The second-order valence-corrected chi connectivity index (χ2v) is 5.52. The molecule has 18 heavy (non-hydrogen) atoms. The summed E-state index contributed by atoms with van der Waals surface area (Å²) in [7, 11) is 0. The van der Waals surface area contributed by atoms with Crippen LogP contribution in [0.15, 0.2) is 4.99 Å². The van der Waals surface area contributed by atoms with Gasteiger partial charge in [-0.2, -0.15) is 0 Å². The quantitative estimate of drug-likeness (QED) is 0.454. The third kappa shape index (κ3) is 3.50. The van der Waals surface area contributed by atoms with Crippen molar-refractivity contribution in [3.05, 3.63) is 0 Å². The number of hydrogen-bond donors (Lipinski definition) is 2. The second-order valence-electron chi connectivity index (χ2n) is 5.52. The predicted molar refractivity (Wildman–Crippen MR) is 83.6 cm³/mol. The summed E-state index contributed by atoms with van der Waals surface area (Å²) in [5.74, 6) is 1.84. The minimum Gasteiger partial charge on any atom is -0.373 e. The Balaban J connectivity index is 0.00000120. The Bertz CT molecular complexity index is 307. The molecule has 2 heterocycles. The van der Waals surface area contributed by atoms with E-state index >= 15 is 0 Å². The van der Waals surface area contributed by atoms with Crippen LogP contribution >= 0.6 is 24.0 Å². The van der Waals surface area contributed by atoms with Crippen LogP contribution in [0.1, 0.15) is 39.0 Å². The molecule has 0 aromatic heterocycles. The highest BCUT2D eigenvalue weighted by molar-refractivity contribution is 14.0. The largest absolute Gasteiger partial charge is 0.373 e. The van der Waals surface area contributed by atoms with Crippen molar-refractivity contribution in [1.82, 2.24) is 10.6 Å². The Labute approximate surface area is 126 Å². The maximum absolute atomic E-state index is 5.86. The second kappa shape index (κ2) is 6.41. The molecule has 3 rings (SSSR count). The lowest BCUT2D eigenvalue weighted by atomic mass is 9.96. The maximum atomic E-state index is 5.86. The minimum absolute atomic E-state index is 0. The monoisotopic (exact) mass is 365 g/mol. The van der Waals surface area contributed by atoms with Crippen molar-refractivity contribution in [2.24, 2.45) is 10.9 Å². The number of rotatable bonds is 4. The van der Waals surface area contributed by atoms with E-state index in [9.17, 15) is 0 Å². The number of aliphatic imine (C=N–C) groups is 1. The van der Waals surface area contributed by atoms with Crippen molar-refractivity contribution in [1.29, 1.82) is 0 Å². The summed E-state index contributed by atoms with van der Waals surface area (Å²) in [5.41, 5.74) is 0. The number of nitrogens with zero attached hydrogens (tertiary/aromatic N) is 1. The van der Waals surface area contributed by atoms with Crippen LogP contribution in [0.25, 0.3) is 0 Å². The fourth-order valence-corrected chi connectivity index (χ4v) is 2.81. The van der Waals surface area contributed by atoms with Crippen molar-refractivity contribution < 1.29 is 4.74 Å². The average molecular weight is 365 g/mol. The van der Waals surface area contributed by atoms with E-state index in [1.807, 2.05) is 0 Å². The lowest BCUT2D eigenvalue weighted by Crippen LogP contribution is -2.47. The van der Waals surface area contributed by atoms with Gasteiger partial charge in [-0.25, -0.2) is 0 Å².